The summed E-state index contributed by atoms with van der Waals surface area (Å²) in [5, 5.41) is 3.56. The number of piperidine rings is 1. The van der Waals surface area contributed by atoms with Gasteiger partial charge in [0.1, 0.15) is 0 Å². The Balaban J connectivity index is 2.01. The molecule has 3 nitrogen and oxygen atoms in total. The Morgan fingerprint density at radius 3 is 3.00 bits per heavy atom. The molecule has 2 unspecified atom stereocenters. The van der Waals surface area contributed by atoms with Crippen LogP contribution < -0.4 is 5.32 Å². The highest BCUT2D eigenvalue weighted by atomic mass is 16.5. The molecule has 1 rings (SSSR count). The van der Waals surface area contributed by atoms with Gasteiger partial charge in [-0.25, -0.2) is 0 Å². The lowest BCUT2D eigenvalue weighted by atomic mass is 10.0. The summed E-state index contributed by atoms with van der Waals surface area (Å²) in [7, 11) is 1.77. The van der Waals surface area contributed by atoms with Gasteiger partial charge in [0, 0.05) is 39.4 Å². The van der Waals surface area contributed by atoms with E-state index in [0.29, 0.717) is 6.04 Å². The minimum Gasteiger partial charge on any atom is -0.385 e. The van der Waals surface area contributed by atoms with Crippen molar-refractivity contribution in [2.24, 2.45) is 5.92 Å². The monoisotopic (exact) mass is 228 g/mol. The SMILES string of the molecule is COCCC(C)NCCN1CCCC(C)C1. The summed E-state index contributed by atoms with van der Waals surface area (Å²) in [6.45, 7) is 10.3. The molecule has 1 aliphatic rings. The van der Waals surface area contributed by atoms with Crippen molar-refractivity contribution in [3.05, 3.63) is 0 Å². The first-order chi connectivity index (χ1) is 7.72. The van der Waals surface area contributed by atoms with Crippen molar-refractivity contribution in [1.82, 2.24) is 10.2 Å². The molecule has 96 valence electrons. The number of likely N-dealkylation sites (tertiary alicyclic amines) is 1. The number of hydrogen-bond acceptors (Lipinski definition) is 3. The summed E-state index contributed by atoms with van der Waals surface area (Å²) in [6.07, 6.45) is 3.89. The fraction of sp³-hybridized carbons (Fsp3) is 1.00. The molecule has 1 aliphatic heterocycles. The van der Waals surface area contributed by atoms with Gasteiger partial charge in [-0.2, -0.15) is 0 Å². The van der Waals surface area contributed by atoms with Crippen LogP contribution >= 0.6 is 0 Å². The second-order valence-electron chi connectivity index (χ2n) is 5.18. The van der Waals surface area contributed by atoms with Crippen LogP contribution in [0.1, 0.15) is 33.1 Å². The molecule has 3 heteroatoms. The van der Waals surface area contributed by atoms with Gasteiger partial charge in [0.2, 0.25) is 0 Å². The Hall–Kier alpha value is -0.120. The van der Waals surface area contributed by atoms with Crippen LogP contribution in [-0.4, -0.2) is 50.8 Å². The van der Waals surface area contributed by atoms with Gasteiger partial charge in [-0.1, -0.05) is 6.92 Å². The van der Waals surface area contributed by atoms with E-state index in [4.69, 9.17) is 4.74 Å². The van der Waals surface area contributed by atoms with Gasteiger partial charge in [0.15, 0.2) is 0 Å². The van der Waals surface area contributed by atoms with Gasteiger partial charge in [-0.3, -0.25) is 0 Å². The lowest BCUT2D eigenvalue weighted by Gasteiger charge is -2.31. The second kappa shape index (κ2) is 8.04. The molecule has 2 atom stereocenters. The summed E-state index contributed by atoms with van der Waals surface area (Å²) in [5.74, 6) is 0.889. The van der Waals surface area contributed by atoms with E-state index in [9.17, 15) is 0 Å². The van der Waals surface area contributed by atoms with E-state index in [0.717, 1.165) is 25.5 Å². The molecule has 1 N–H and O–H groups in total. The molecule has 1 heterocycles. The van der Waals surface area contributed by atoms with Crippen molar-refractivity contribution in [2.75, 3.05) is 39.9 Å². The molecule has 0 radical (unpaired) electrons. The molecular weight excluding hydrogens is 200 g/mol. The molecule has 0 bridgehead atoms. The minimum absolute atomic E-state index is 0.571. The number of nitrogens with one attached hydrogen (secondary N) is 1. The highest BCUT2D eigenvalue weighted by molar-refractivity contribution is 4.71. The number of nitrogens with zero attached hydrogens (tertiary/aromatic N) is 1. The van der Waals surface area contributed by atoms with Crippen molar-refractivity contribution < 1.29 is 4.74 Å². The lowest BCUT2D eigenvalue weighted by Crippen LogP contribution is -2.40. The van der Waals surface area contributed by atoms with Crippen LogP contribution in [0.4, 0.5) is 0 Å². The molecule has 0 amide bonds. The smallest absolute Gasteiger partial charge is 0.0476 e. The fourth-order valence-electron chi connectivity index (χ4n) is 2.36. The van der Waals surface area contributed by atoms with Crippen molar-refractivity contribution in [3.63, 3.8) is 0 Å². The average Bonchev–Trinajstić information content (AvgIpc) is 2.26. The molecule has 0 aromatic heterocycles. The van der Waals surface area contributed by atoms with E-state index in [1.54, 1.807) is 7.11 Å². The number of rotatable bonds is 7. The Morgan fingerprint density at radius 1 is 1.50 bits per heavy atom. The maximum Gasteiger partial charge on any atom is 0.0476 e. The standard InChI is InChI=1S/C13H28N2O/c1-12-5-4-8-15(11-12)9-7-14-13(2)6-10-16-3/h12-14H,4-11H2,1-3H3. The Bertz CT molecular complexity index is 175. The van der Waals surface area contributed by atoms with Crippen molar-refractivity contribution in [1.29, 1.82) is 0 Å². The zero-order valence-electron chi connectivity index (χ0n) is 11.2. The van der Waals surface area contributed by atoms with E-state index in [1.165, 1.54) is 32.5 Å². The van der Waals surface area contributed by atoms with Crippen molar-refractivity contribution in [3.8, 4) is 0 Å². The van der Waals surface area contributed by atoms with Crippen LogP contribution in [0.15, 0.2) is 0 Å². The third kappa shape index (κ3) is 5.83. The zero-order chi connectivity index (χ0) is 11.8. The molecule has 0 aromatic rings. The quantitative estimate of drug-likeness (QED) is 0.718. The third-order valence-corrected chi connectivity index (χ3v) is 3.42. The van der Waals surface area contributed by atoms with Gasteiger partial charge in [-0.05, 0) is 38.6 Å². The molecule has 0 aliphatic carbocycles. The summed E-state index contributed by atoms with van der Waals surface area (Å²) in [6, 6.07) is 0.571. The third-order valence-electron chi connectivity index (χ3n) is 3.42. The first-order valence-electron chi connectivity index (χ1n) is 6.67. The first kappa shape index (κ1) is 13.9. The lowest BCUT2D eigenvalue weighted by molar-refractivity contribution is 0.173. The molecule has 16 heavy (non-hydrogen) atoms. The van der Waals surface area contributed by atoms with Crippen LogP contribution in [0.5, 0.6) is 0 Å². The summed E-state index contributed by atoms with van der Waals surface area (Å²) in [4.78, 5) is 2.59. The van der Waals surface area contributed by atoms with E-state index < -0.39 is 0 Å². The molecule has 0 aromatic carbocycles. The van der Waals surface area contributed by atoms with Gasteiger partial charge >= 0.3 is 0 Å². The fourth-order valence-corrected chi connectivity index (χ4v) is 2.36. The molecule has 0 saturated carbocycles. The number of hydrogen-bond donors (Lipinski definition) is 1. The van der Waals surface area contributed by atoms with Gasteiger partial charge in [0.25, 0.3) is 0 Å². The first-order valence-corrected chi connectivity index (χ1v) is 6.67. The summed E-state index contributed by atoms with van der Waals surface area (Å²) >= 11 is 0. The van der Waals surface area contributed by atoms with Gasteiger partial charge in [0.05, 0.1) is 0 Å². The second-order valence-corrected chi connectivity index (χ2v) is 5.18. The topological polar surface area (TPSA) is 24.5 Å². The van der Waals surface area contributed by atoms with E-state index >= 15 is 0 Å². The highest BCUT2D eigenvalue weighted by Gasteiger charge is 2.15. The van der Waals surface area contributed by atoms with Crippen LogP contribution in [0.3, 0.4) is 0 Å². The number of methoxy groups -OCH3 is 1. The predicted molar refractivity (Wildman–Crippen MR) is 68.8 cm³/mol. The van der Waals surface area contributed by atoms with Crippen LogP contribution in [0.2, 0.25) is 0 Å². The van der Waals surface area contributed by atoms with Gasteiger partial charge in [-0.15, -0.1) is 0 Å². The largest absolute Gasteiger partial charge is 0.385 e. The van der Waals surface area contributed by atoms with E-state index in [1.807, 2.05) is 0 Å². The number of ether oxygens (including phenoxy) is 1. The van der Waals surface area contributed by atoms with Crippen LogP contribution in [0.25, 0.3) is 0 Å². The van der Waals surface area contributed by atoms with Crippen molar-refractivity contribution in [2.45, 2.75) is 39.2 Å². The summed E-state index contributed by atoms with van der Waals surface area (Å²) < 4.78 is 5.07. The molecule has 0 spiro atoms. The Morgan fingerprint density at radius 2 is 2.31 bits per heavy atom. The highest BCUT2D eigenvalue weighted by Crippen LogP contribution is 2.14. The maximum atomic E-state index is 5.07. The molecule has 1 saturated heterocycles. The average molecular weight is 228 g/mol. The Labute approximate surface area is 101 Å². The van der Waals surface area contributed by atoms with Gasteiger partial charge < -0.3 is 15.0 Å². The maximum absolute atomic E-state index is 5.07. The Kier molecular flexibility index (Phi) is 7.01. The molecular formula is C13H28N2O. The summed E-state index contributed by atoms with van der Waals surface area (Å²) in [5.41, 5.74) is 0. The van der Waals surface area contributed by atoms with E-state index in [-0.39, 0.29) is 0 Å². The van der Waals surface area contributed by atoms with Crippen molar-refractivity contribution >= 4 is 0 Å². The van der Waals surface area contributed by atoms with Crippen LogP contribution in [-0.2, 0) is 4.74 Å². The minimum atomic E-state index is 0.571. The van der Waals surface area contributed by atoms with Crippen LogP contribution in [0, 0.1) is 5.92 Å². The predicted octanol–water partition coefficient (Wildman–Crippen LogP) is 1.73. The zero-order valence-corrected chi connectivity index (χ0v) is 11.2. The molecule has 1 fully saturated rings. The normalized spacial score (nSPS) is 24.6. The van der Waals surface area contributed by atoms with E-state index in [2.05, 4.69) is 24.1 Å².